The molecule has 132 valence electrons. The van der Waals surface area contributed by atoms with Gasteiger partial charge < -0.3 is 14.0 Å². The van der Waals surface area contributed by atoms with E-state index in [4.69, 9.17) is 13.8 Å². The lowest BCUT2D eigenvalue weighted by Crippen LogP contribution is -2.14. The lowest BCUT2D eigenvalue weighted by Gasteiger charge is -2.28. The highest BCUT2D eigenvalue weighted by Gasteiger charge is 2.35. The standard InChI is InChI=1S/C16H21O7P/c1-11(2)24(19)22-9-14-8-13(4-6-15(14)23-24)5-7-16(18)21-10-20-12(3)17/h4,6,8,11H,5,7,9-10H2,1-3H3. The summed E-state index contributed by atoms with van der Waals surface area (Å²) in [4.78, 5) is 22.1. The van der Waals surface area contributed by atoms with Gasteiger partial charge in [-0.15, -0.1) is 0 Å². The Morgan fingerprint density at radius 1 is 1.29 bits per heavy atom. The van der Waals surface area contributed by atoms with E-state index in [2.05, 4.69) is 4.74 Å². The van der Waals surface area contributed by atoms with Crippen molar-refractivity contribution in [3.63, 3.8) is 0 Å². The highest BCUT2D eigenvalue weighted by atomic mass is 31.2. The lowest BCUT2D eigenvalue weighted by atomic mass is 10.1. The molecule has 0 saturated carbocycles. The van der Waals surface area contributed by atoms with Gasteiger partial charge in [-0.3, -0.25) is 14.1 Å². The number of ether oxygens (including phenoxy) is 2. The summed E-state index contributed by atoms with van der Waals surface area (Å²) in [5.74, 6) is -0.401. The fourth-order valence-electron chi connectivity index (χ4n) is 2.06. The molecule has 8 heteroatoms. The molecule has 0 aromatic heterocycles. The number of hydrogen-bond donors (Lipinski definition) is 0. The number of carbonyl (C=O) groups is 2. The zero-order valence-electron chi connectivity index (χ0n) is 13.9. The van der Waals surface area contributed by atoms with Crippen molar-refractivity contribution in [2.45, 2.75) is 45.9 Å². The van der Waals surface area contributed by atoms with E-state index in [1.807, 2.05) is 12.1 Å². The van der Waals surface area contributed by atoms with Crippen LogP contribution in [0.5, 0.6) is 5.75 Å². The van der Waals surface area contributed by atoms with E-state index in [-0.39, 0.29) is 25.5 Å². The summed E-state index contributed by atoms with van der Waals surface area (Å²) in [6, 6.07) is 5.42. The Labute approximate surface area is 140 Å². The fourth-order valence-corrected chi connectivity index (χ4v) is 3.40. The molecule has 0 amide bonds. The van der Waals surface area contributed by atoms with Gasteiger partial charge in [0, 0.05) is 18.9 Å². The van der Waals surface area contributed by atoms with Crippen LogP contribution in [0.3, 0.4) is 0 Å². The fraction of sp³-hybridized carbons (Fsp3) is 0.500. The molecule has 1 unspecified atom stereocenters. The molecule has 0 N–H and O–H groups in total. The van der Waals surface area contributed by atoms with Gasteiger partial charge in [0.25, 0.3) is 0 Å². The SMILES string of the molecule is CC(=O)OCOC(=O)CCc1ccc2c(c1)COP(=O)(C(C)C)O2. The van der Waals surface area contributed by atoms with Crippen molar-refractivity contribution in [1.29, 1.82) is 0 Å². The van der Waals surface area contributed by atoms with Gasteiger partial charge in [-0.1, -0.05) is 19.9 Å². The minimum absolute atomic E-state index is 0.159. The second kappa shape index (κ2) is 7.81. The van der Waals surface area contributed by atoms with E-state index >= 15 is 0 Å². The molecule has 1 aliphatic rings. The molecule has 1 heterocycles. The summed E-state index contributed by atoms with van der Waals surface area (Å²) in [5, 5.41) is 0. The largest absolute Gasteiger partial charge is 0.428 e. The number of rotatable bonds is 6. The van der Waals surface area contributed by atoms with Crippen LogP contribution in [0.25, 0.3) is 0 Å². The maximum Gasteiger partial charge on any atom is 0.382 e. The van der Waals surface area contributed by atoms with Crippen LogP contribution in [0.2, 0.25) is 0 Å². The number of fused-ring (bicyclic) bond motifs is 1. The van der Waals surface area contributed by atoms with Gasteiger partial charge in [-0.25, -0.2) is 4.57 Å². The van der Waals surface area contributed by atoms with E-state index in [0.29, 0.717) is 12.2 Å². The van der Waals surface area contributed by atoms with Crippen LogP contribution in [0.1, 0.15) is 38.3 Å². The Balaban J connectivity index is 1.90. The molecule has 0 radical (unpaired) electrons. The Kier molecular flexibility index (Phi) is 6.02. The number of aryl methyl sites for hydroxylation is 1. The van der Waals surface area contributed by atoms with Gasteiger partial charge in [-0.05, 0) is 24.1 Å². The van der Waals surface area contributed by atoms with Crippen molar-refractivity contribution in [2.75, 3.05) is 6.79 Å². The quantitative estimate of drug-likeness (QED) is 0.439. The lowest BCUT2D eigenvalue weighted by molar-refractivity contribution is -0.165. The molecule has 1 aliphatic heterocycles. The van der Waals surface area contributed by atoms with Crippen LogP contribution in [-0.2, 0) is 41.2 Å². The van der Waals surface area contributed by atoms with E-state index in [0.717, 1.165) is 11.1 Å². The molecule has 24 heavy (non-hydrogen) atoms. The molecule has 0 bridgehead atoms. The van der Waals surface area contributed by atoms with E-state index in [9.17, 15) is 14.2 Å². The van der Waals surface area contributed by atoms with Crippen molar-refractivity contribution >= 4 is 19.5 Å². The van der Waals surface area contributed by atoms with Crippen LogP contribution in [0.15, 0.2) is 18.2 Å². The Hall–Kier alpha value is -1.85. The maximum atomic E-state index is 12.4. The van der Waals surface area contributed by atoms with Crippen molar-refractivity contribution in [3.8, 4) is 5.75 Å². The molecule has 0 spiro atoms. The smallest absolute Gasteiger partial charge is 0.382 e. The van der Waals surface area contributed by atoms with Crippen molar-refractivity contribution in [1.82, 2.24) is 0 Å². The first-order valence-corrected chi connectivity index (χ1v) is 9.26. The number of benzene rings is 1. The number of carbonyl (C=O) groups excluding carboxylic acids is 2. The predicted molar refractivity (Wildman–Crippen MR) is 85.6 cm³/mol. The normalized spacial score (nSPS) is 19.3. The van der Waals surface area contributed by atoms with E-state index in [1.165, 1.54) is 6.92 Å². The van der Waals surface area contributed by atoms with E-state index < -0.39 is 19.5 Å². The minimum atomic E-state index is -3.10. The number of esters is 2. The molecule has 0 saturated heterocycles. The highest BCUT2D eigenvalue weighted by Crippen LogP contribution is 2.56. The first-order valence-electron chi connectivity index (χ1n) is 7.65. The van der Waals surface area contributed by atoms with Crippen LogP contribution < -0.4 is 4.52 Å². The molecule has 1 atom stereocenters. The molecular weight excluding hydrogens is 335 g/mol. The predicted octanol–water partition coefficient (Wildman–Crippen LogP) is 3.19. The zero-order chi connectivity index (χ0) is 17.7. The molecule has 7 nitrogen and oxygen atoms in total. The molecular formula is C16H21O7P. The van der Waals surface area contributed by atoms with Gasteiger partial charge >= 0.3 is 19.5 Å². The van der Waals surface area contributed by atoms with Gasteiger partial charge in [0.05, 0.1) is 12.3 Å². The van der Waals surface area contributed by atoms with E-state index in [1.54, 1.807) is 19.9 Å². The summed E-state index contributed by atoms with van der Waals surface area (Å²) in [6.07, 6.45) is 0.625. The van der Waals surface area contributed by atoms with Crippen LogP contribution in [0, 0.1) is 0 Å². The molecule has 0 aliphatic carbocycles. The first kappa shape index (κ1) is 18.5. The van der Waals surface area contributed by atoms with Crippen molar-refractivity contribution in [3.05, 3.63) is 29.3 Å². The van der Waals surface area contributed by atoms with Crippen LogP contribution in [0.4, 0.5) is 0 Å². The third-order valence-corrected chi connectivity index (χ3v) is 5.69. The number of hydrogen-bond acceptors (Lipinski definition) is 7. The van der Waals surface area contributed by atoms with Gasteiger partial charge in [0.15, 0.2) is 0 Å². The van der Waals surface area contributed by atoms with Crippen LogP contribution in [-0.4, -0.2) is 24.4 Å². The summed E-state index contributed by atoms with van der Waals surface area (Å²) in [7, 11) is -3.10. The Morgan fingerprint density at radius 3 is 2.71 bits per heavy atom. The second-order valence-electron chi connectivity index (χ2n) is 5.71. The first-order chi connectivity index (χ1) is 11.3. The van der Waals surface area contributed by atoms with Gasteiger partial charge in [-0.2, -0.15) is 0 Å². The molecule has 1 aromatic rings. The van der Waals surface area contributed by atoms with Crippen molar-refractivity contribution < 1.29 is 32.7 Å². The summed E-state index contributed by atoms with van der Waals surface area (Å²) in [6.45, 7) is 4.67. The topological polar surface area (TPSA) is 88.1 Å². The third-order valence-electron chi connectivity index (χ3n) is 3.48. The average molecular weight is 356 g/mol. The van der Waals surface area contributed by atoms with Crippen LogP contribution >= 0.6 is 7.60 Å². The zero-order valence-corrected chi connectivity index (χ0v) is 14.8. The molecule has 2 rings (SSSR count). The maximum absolute atomic E-state index is 12.4. The summed E-state index contributed by atoms with van der Waals surface area (Å²) >= 11 is 0. The van der Waals surface area contributed by atoms with Crippen molar-refractivity contribution in [2.24, 2.45) is 0 Å². The summed E-state index contributed by atoms with van der Waals surface area (Å²) in [5.41, 5.74) is 1.50. The average Bonchev–Trinajstić information content (AvgIpc) is 2.52. The van der Waals surface area contributed by atoms with Gasteiger partial charge in [0.2, 0.25) is 6.79 Å². The molecule has 1 aromatic carbocycles. The van der Waals surface area contributed by atoms with Gasteiger partial charge in [0.1, 0.15) is 5.75 Å². The third kappa shape index (κ3) is 4.82. The highest BCUT2D eigenvalue weighted by molar-refractivity contribution is 7.55. The minimum Gasteiger partial charge on any atom is -0.428 e. The summed E-state index contributed by atoms with van der Waals surface area (Å²) < 4.78 is 32.6. The molecule has 0 fully saturated rings. The Morgan fingerprint density at radius 2 is 2.04 bits per heavy atom. The Bertz CT molecular complexity index is 668. The second-order valence-corrected chi connectivity index (χ2v) is 8.26. The monoisotopic (exact) mass is 356 g/mol.